The van der Waals surface area contributed by atoms with Crippen LogP contribution in [0.3, 0.4) is 0 Å². The van der Waals surface area contributed by atoms with Gasteiger partial charge in [-0.05, 0) is 62.3 Å². The van der Waals surface area contributed by atoms with Gasteiger partial charge in [-0.25, -0.2) is 12.7 Å². The summed E-state index contributed by atoms with van der Waals surface area (Å²) >= 11 is 0. The number of rotatable bonds is 7. The van der Waals surface area contributed by atoms with Gasteiger partial charge in [-0.15, -0.1) is 0 Å². The minimum Gasteiger partial charge on any atom is -0.349 e. The molecule has 0 bridgehead atoms. The van der Waals surface area contributed by atoms with E-state index in [1.54, 1.807) is 0 Å². The van der Waals surface area contributed by atoms with E-state index in [9.17, 15) is 13.2 Å². The van der Waals surface area contributed by atoms with Crippen molar-refractivity contribution >= 4 is 15.9 Å². The lowest BCUT2D eigenvalue weighted by molar-refractivity contribution is -0.126. The van der Waals surface area contributed by atoms with Crippen molar-refractivity contribution in [2.75, 3.05) is 13.1 Å². The number of carbonyl (C=O) groups excluding carboxylic acids is 1. The third-order valence-electron chi connectivity index (χ3n) is 6.35. The molecule has 168 valence electrons. The molecule has 0 radical (unpaired) electrons. The van der Waals surface area contributed by atoms with Gasteiger partial charge in [0.25, 0.3) is 0 Å². The van der Waals surface area contributed by atoms with Crippen LogP contribution in [-0.2, 0) is 20.6 Å². The SMILES string of the molecule is CC[C@H](NC(=O)C1CCN(S(=O)(=O)Cc2ccc(C)cc2)CC1)c1ccc(C)c(C)c1. The highest BCUT2D eigenvalue weighted by Crippen LogP contribution is 2.25. The summed E-state index contributed by atoms with van der Waals surface area (Å²) in [6.45, 7) is 9.01. The highest BCUT2D eigenvalue weighted by atomic mass is 32.2. The van der Waals surface area contributed by atoms with Gasteiger partial charge in [-0.1, -0.05) is 55.0 Å². The van der Waals surface area contributed by atoms with Crippen LogP contribution in [0, 0.1) is 26.7 Å². The Labute approximate surface area is 186 Å². The normalized spacial score (nSPS) is 16.8. The van der Waals surface area contributed by atoms with Crippen molar-refractivity contribution in [3.05, 3.63) is 70.3 Å². The smallest absolute Gasteiger partial charge is 0.223 e. The van der Waals surface area contributed by atoms with E-state index in [1.165, 1.54) is 15.4 Å². The first kappa shape index (κ1) is 23.5. The van der Waals surface area contributed by atoms with Gasteiger partial charge in [0, 0.05) is 19.0 Å². The summed E-state index contributed by atoms with van der Waals surface area (Å²) in [7, 11) is -3.38. The predicted octanol–water partition coefficient (Wildman–Crippen LogP) is 4.42. The van der Waals surface area contributed by atoms with Crippen molar-refractivity contribution in [3.63, 3.8) is 0 Å². The van der Waals surface area contributed by atoms with E-state index < -0.39 is 10.0 Å². The summed E-state index contributed by atoms with van der Waals surface area (Å²) in [6, 6.07) is 13.9. The van der Waals surface area contributed by atoms with Gasteiger partial charge in [0.05, 0.1) is 11.8 Å². The largest absolute Gasteiger partial charge is 0.349 e. The number of hydrogen-bond acceptors (Lipinski definition) is 3. The molecule has 1 saturated heterocycles. The maximum Gasteiger partial charge on any atom is 0.223 e. The Morgan fingerprint density at radius 2 is 1.68 bits per heavy atom. The fraction of sp³-hybridized carbons (Fsp3) is 0.480. The molecule has 1 N–H and O–H groups in total. The summed E-state index contributed by atoms with van der Waals surface area (Å²) in [5.41, 5.74) is 5.49. The molecular weight excluding hydrogens is 408 g/mol. The summed E-state index contributed by atoms with van der Waals surface area (Å²) < 4.78 is 27.2. The number of nitrogens with zero attached hydrogens (tertiary/aromatic N) is 1. The van der Waals surface area contributed by atoms with E-state index in [-0.39, 0.29) is 23.6 Å². The minimum atomic E-state index is -3.38. The molecular formula is C25H34N2O3S. The molecule has 1 heterocycles. The number of carbonyl (C=O) groups is 1. The highest BCUT2D eigenvalue weighted by molar-refractivity contribution is 7.88. The molecule has 31 heavy (non-hydrogen) atoms. The third kappa shape index (κ3) is 5.95. The van der Waals surface area contributed by atoms with Gasteiger partial charge in [-0.3, -0.25) is 4.79 Å². The lowest BCUT2D eigenvalue weighted by atomic mass is 9.95. The van der Waals surface area contributed by atoms with Crippen molar-refractivity contribution in [1.82, 2.24) is 9.62 Å². The Balaban J connectivity index is 1.57. The number of nitrogens with one attached hydrogen (secondary N) is 1. The lowest BCUT2D eigenvalue weighted by Gasteiger charge is -2.31. The summed E-state index contributed by atoms with van der Waals surface area (Å²) in [5.74, 6) is -0.110. The van der Waals surface area contributed by atoms with E-state index in [1.807, 2.05) is 31.2 Å². The summed E-state index contributed by atoms with van der Waals surface area (Å²) in [5, 5.41) is 3.19. The van der Waals surface area contributed by atoms with Crippen LogP contribution in [0.2, 0.25) is 0 Å². The van der Waals surface area contributed by atoms with Crippen molar-refractivity contribution in [2.24, 2.45) is 5.92 Å². The molecule has 1 amide bonds. The van der Waals surface area contributed by atoms with E-state index in [0.29, 0.717) is 25.9 Å². The van der Waals surface area contributed by atoms with Crippen molar-refractivity contribution < 1.29 is 13.2 Å². The molecule has 0 spiro atoms. The molecule has 5 nitrogen and oxygen atoms in total. The van der Waals surface area contributed by atoms with Crippen LogP contribution in [0.1, 0.15) is 60.0 Å². The van der Waals surface area contributed by atoms with Crippen LogP contribution in [0.15, 0.2) is 42.5 Å². The first-order valence-electron chi connectivity index (χ1n) is 11.1. The van der Waals surface area contributed by atoms with Crippen molar-refractivity contribution in [3.8, 4) is 0 Å². The average molecular weight is 443 g/mol. The van der Waals surface area contributed by atoms with E-state index in [0.717, 1.165) is 23.1 Å². The molecule has 1 aliphatic rings. The molecule has 6 heteroatoms. The van der Waals surface area contributed by atoms with Gasteiger partial charge in [0.15, 0.2) is 0 Å². The second-order valence-corrected chi connectivity index (χ2v) is 10.7. The number of aryl methyl sites for hydroxylation is 3. The maximum atomic E-state index is 12.9. The van der Waals surface area contributed by atoms with E-state index in [2.05, 4.69) is 44.3 Å². The highest BCUT2D eigenvalue weighted by Gasteiger charge is 2.31. The Morgan fingerprint density at radius 3 is 2.26 bits per heavy atom. The number of hydrogen-bond donors (Lipinski definition) is 1. The first-order chi connectivity index (χ1) is 14.7. The van der Waals surface area contributed by atoms with Crippen molar-refractivity contribution in [1.29, 1.82) is 0 Å². The first-order valence-corrected chi connectivity index (χ1v) is 12.7. The van der Waals surface area contributed by atoms with Crippen LogP contribution >= 0.6 is 0 Å². The Bertz CT molecular complexity index is 1010. The van der Waals surface area contributed by atoms with Gasteiger partial charge >= 0.3 is 0 Å². The standard InChI is InChI=1S/C25H34N2O3S/c1-5-24(23-11-8-19(3)20(4)16-23)26-25(28)22-12-14-27(15-13-22)31(29,30)17-21-9-6-18(2)7-10-21/h6-11,16,22,24H,5,12-15,17H2,1-4H3,(H,26,28)/t24-/m0/s1. The quantitative estimate of drug-likeness (QED) is 0.690. The van der Waals surface area contributed by atoms with Gasteiger partial charge < -0.3 is 5.32 Å². The Kier molecular flexibility index (Phi) is 7.55. The average Bonchev–Trinajstić information content (AvgIpc) is 2.75. The molecule has 1 aliphatic heterocycles. The third-order valence-corrected chi connectivity index (χ3v) is 8.20. The van der Waals surface area contributed by atoms with Crippen molar-refractivity contribution in [2.45, 2.75) is 58.8 Å². The maximum absolute atomic E-state index is 12.9. The molecule has 3 rings (SSSR count). The fourth-order valence-corrected chi connectivity index (χ4v) is 5.64. The fourth-order valence-electron chi connectivity index (χ4n) is 4.07. The molecule has 2 aromatic carbocycles. The van der Waals surface area contributed by atoms with Crippen LogP contribution in [-0.4, -0.2) is 31.7 Å². The molecule has 0 aromatic heterocycles. The zero-order chi connectivity index (χ0) is 22.6. The molecule has 0 saturated carbocycles. The number of amides is 1. The number of benzene rings is 2. The Morgan fingerprint density at radius 1 is 1.03 bits per heavy atom. The Hall–Kier alpha value is -2.18. The van der Waals surface area contributed by atoms with Gasteiger partial charge in [0.1, 0.15) is 0 Å². The van der Waals surface area contributed by atoms with Crippen LogP contribution in [0.5, 0.6) is 0 Å². The zero-order valence-corrected chi connectivity index (χ0v) is 19.8. The van der Waals surface area contributed by atoms with Crippen LogP contribution in [0.4, 0.5) is 0 Å². The summed E-state index contributed by atoms with van der Waals surface area (Å²) in [6.07, 6.45) is 1.93. The van der Waals surface area contributed by atoms with Gasteiger partial charge in [0.2, 0.25) is 15.9 Å². The predicted molar refractivity (Wildman–Crippen MR) is 125 cm³/mol. The number of sulfonamides is 1. The lowest BCUT2D eigenvalue weighted by Crippen LogP contribution is -2.44. The van der Waals surface area contributed by atoms with Crippen LogP contribution < -0.4 is 5.32 Å². The number of piperidine rings is 1. The van der Waals surface area contributed by atoms with E-state index >= 15 is 0 Å². The zero-order valence-electron chi connectivity index (χ0n) is 19.0. The monoisotopic (exact) mass is 442 g/mol. The molecule has 1 fully saturated rings. The molecule has 1 atom stereocenters. The summed E-state index contributed by atoms with van der Waals surface area (Å²) in [4.78, 5) is 12.9. The second-order valence-electron chi connectivity index (χ2n) is 8.73. The molecule has 2 aromatic rings. The minimum absolute atomic E-state index is 0.00876. The van der Waals surface area contributed by atoms with Gasteiger partial charge in [-0.2, -0.15) is 0 Å². The molecule has 0 unspecified atom stereocenters. The van der Waals surface area contributed by atoms with E-state index in [4.69, 9.17) is 0 Å². The second kappa shape index (κ2) is 9.96. The van der Waals surface area contributed by atoms with Crippen LogP contribution in [0.25, 0.3) is 0 Å². The molecule has 0 aliphatic carbocycles. The topological polar surface area (TPSA) is 66.5 Å².